The zero-order chi connectivity index (χ0) is 9.14. The van der Waals surface area contributed by atoms with Crippen molar-refractivity contribution in [3.8, 4) is 0 Å². The van der Waals surface area contributed by atoms with Gasteiger partial charge >= 0.3 is 0 Å². The Morgan fingerprint density at radius 1 is 1.50 bits per heavy atom. The van der Waals surface area contributed by atoms with Crippen LogP contribution < -0.4 is 0 Å². The van der Waals surface area contributed by atoms with Gasteiger partial charge in [0.2, 0.25) is 0 Å². The molecule has 0 atom stereocenters. The smallest absolute Gasteiger partial charge is 0.264 e. The summed E-state index contributed by atoms with van der Waals surface area (Å²) in [5.41, 5.74) is 0.461. The third kappa shape index (κ3) is 1.93. The maximum absolute atomic E-state index is 12.2. The van der Waals surface area contributed by atoms with Gasteiger partial charge in [-0.2, -0.15) is 0 Å². The van der Waals surface area contributed by atoms with Crippen molar-refractivity contribution in [1.82, 2.24) is 4.98 Å². The van der Waals surface area contributed by atoms with Crippen molar-refractivity contribution in [1.29, 1.82) is 0 Å². The van der Waals surface area contributed by atoms with E-state index in [2.05, 4.69) is 20.9 Å². The number of rotatable bonds is 2. The highest BCUT2D eigenvalue weighted by Gasteiger charge is 2.13. The highest BCUT2D eigenvalue weighted by Crippen LogP contribution is 2.29. The number of alkyl halides is 3. The Labute approximate surface area is 81.9 Å². The molecule has 0 aromatic carbocycles. The first-order chi connectivity index (χ1) is 5.66. The molecule has 0 spiro atoms. The number of halogens is 4. The summed E-state index contributed by atoms with van der Waals surface area (Å²) in [4.78, 5) is 3.64. The first kappa shape index (κ1) is 9.86. The molecule has 1 aromatic rings. The Bertz CT molecular complexity index is 280. The second-order valence-corrected chi connectivity index (χ2v) is 3.20. The molecule has 1 nitrogen and oxygen atoms in total. The van der Waals surface area contributed by atoms with E-state index in [1.165, 1.54) is 6.20 Å². The van der Waals surface area contributed by atoms with Gasteiger partial charge in [-0.1, -0.05) is 0 Å². The fourth-order valence-electron chi connectivity index (χ4n) is 0.752. The van der Waals surface area contributed by atoms with Gasteiger partial charge in [0.05, 0.1) is 11.4 Å². The summed E-state index contributed by atoms with van der Waals surface area (Å²) in [5, 5.41) is 0. The van der Waals surface area contributed by atoms with Crippen molar-refractivity contribution in [2.24, 2.45) is 0 Å². The minimum absolute atomic E-state index is 0.117. The Balaban J connectivity index is 3.14. The zero-order valence-corrected chi connectivity index (χ0v) is 8.24. The molecular formula is C7H5BrClF2N. The number of hydrogen-bond acceptors (Lipinski definition) is 1. The van der Waals surface area contributed by atoms with Crippen LogP contribution in [0.5, 0.6) is 0 Å². The molecule has 0 radical (unpaired) electrons. The molecule has 5 heteroatoms. The Morgan fingerprint density at radius 2 is 2.17 bits per heavy atom. The van der Waals surface area contributed by atoms with Gasteiger partial charge in [0.1, 0.15) is 0 Å². The van der Waals surface area contributed by atoms with E-state index in [4.69, 9.17) is 11.6 Å². The normalized spacial score (nSPS) is 10.8. The van der Waals surface area contributed by atoms with E-state index in [1.54, 1.807) is 0 Å². The lowest BCUT2D eigenvalue weighted by molar-refractivity contribution is 0.150. The van der Waals surface area contributed by atoms with Crippen LogP contribution in [0.3, 0.4) is 0 Å². The number of hydrogen-bond donors (Lipinski definition) is 0. The van der Waals surface area contributed by atoms with Gasteiger partial charge in [0.25, 0.3) is 6.43 Å². The Morgan fingerprint density at radius 3 is 2.67 bits per heavy atom. The molecule has 1 rings (SSSR count). The molecule has 0 N–H and O–H groups in total. The molecule has 1 heterocycles. The molecule has 0 saturated carbocycles. The highest BCUT2D eigenvalue weighted by molar-refractivity contribution is 9.10. The number of aromatic nitrogens is 1. The maximum atomic E-state index is 12.2. The van der Waals surface area contributed by atoms with Gasteiger partial charge in [0, 0.05) is 16.9 Å². The summed E-state index contributed by atoms with van der Waals surface area (Å²) in [7, 11) is 0. The monoisotopic (exact) mass is 255 g/mol. The molecule has 0 aliphatic carbocycles. The summed E-state index contributed by atoms with van der Waals surface area (Å²) in [6.07, 6.45) is 0.0726. The fraction of sp³-hybridized carbons (Fsp3) is 0.286. The summed E-state index contributed by atoms with van der Waals surface area (Å²) in [5.74, 6) is 0.175. The topological polar surface area (TPSA) is 12.9 Å². The summed E-state index contributed by atoms with van der Waals surface area (Å²) >= 11 is 8.53. The van der Waals surface area contributed by atoms with Gasteiger partial charge in [-0.3, -0.25) is 4.98 Å². The van der Waals surface area contributed by atoms with Crippen LogP contribution in [-0.4, -0.2) is 4.98 Å². The van der Waals surface area contributed by atoms with Crippen LogP contribution in [-0.2, 0) is 5.88 Å². The van der Waals surface area contributed by atoms with Crippen LogP contribution in [0, 0.1) is 0 Å². The maximum Gasteiger partial charge on any atom is 0.266 e. The molecule has 0 amide bonds. The second-order valence-electron chi connectivity index (χ2n) is 2.14. The van der Waals surface area contributed by atoms with Crippen molar-refractivity contribution in [3.63, 3.8) is 0 Å². The van der Waals surface area contributed by atoms with Gasteiger partial charge in [0.15, 0.2) is 0 Å². The van der Waals surface area contributed by atoms with Gasteiger partial charge < -0.3 is 0 Å². The molecule has 1 aromatic heterocycles. The molecule has 0 aliphatic heterocycles. The van der Waals surface area contributed by atoms with E-state index in [1.807, 2.05) is 0 Å². The molecule has 12 heavy (non-hydrogen) atoms. The van der Waals surface area contributed by atoms with Crippen molar-refractivity contribution >= 4 is 27.5 Å². The molecule has 0 fully saturated rings. The van der Waals surface area contributed by atoms with E-state index >= 15 is 0 Å². The molecular weight excluding hydrogens is 251 g/mol. The van der Waals surface area contributed by atoms with Crippen molar-refractivity contribution in [2.45, 2.75) is 12.3 Å². The third-order valence-corrected chi connectivity index (χ3v) is 2.61. The molecule has 0 saturated heterocycles. The van der Waals surface area contributed by atoms with E-state index < -0.39 is 6.43 Å². The predicted octanol–water partition coefficient (Wildman–Crippen LogP) is 3.52. The van der Waals surface area contributed by atoms with Crippen LogP contribution in [0.15, 0.2) is 16.9 Å². The lowest BCUT2D eigenvalue weighted by Crippen LogP contribution is -1.92. The van der Waals surface area contributed by atoms with Crippen LogP contribution in [0.25, 0.3) is 0 Å². The van der Waals surface area contributed by atoms with Crippen molar-refractivity contribution in [2.75, 3.05) is 0 Å². The quantitative estimate of drug-likeness (QED) is 0.738. The molecule has 0 aliphatic rings. The van der Waals surface area contributed by atoms with Gasteiger partial charge in [-0.05, 0) is 21.5 Å². The number of nitrogens with zero attached hydrogens (tertiary/aromatic N) is 1. The Kier molecular flexibility index (Phi) is 3.40. The number of pyridine rings is 1. The van der Waals surface area contributed by atoms with Crippen LogP contribution in [0.2, 0.25) is 0 Å². The zero-order valence-electron chi connectivity index (χ0n) is 5.90. The standard InChI is InChI=1S/C7H5BrClF2N/c8-6-4(1-9)2-12-3-5(6)7(10)11/h2-3,7H,1H2. The third-order valence-electron chi connectivity index (χ3n) is 1.36. The average Bonchev–Trinajstić information content (AvgIpc) is 2.04. The van der Waals surface area contributed by atoms with Crippen LogP contribution in [0.1, 0.15) is 17.6 Å². The van der Waals surface area contributed by atoms with E-state index in [9.17, 15) is 8.78 Å². The van der Waals surface area contributed by atoms with E-state index in [0.29, 0.717) is 10.0 Å². The predicted molar refractivity (Wildman–Crippen MR) is 46.5 cm³/mol. The summed E-state index contributed by atoms with van der Waals surface area (Å²) < 4.78 is 24.8. The first-order valence-corrected chi connectivity index (χ1v) is 4.46. The largest absolute Gasteiger partial charge is 0.266 e. The Hall–Kier alpha value is -0.220. The van der Waals surface area contributed by atoms with E-state index in [-0.39, 0.29) is 11.4 Å². The summed E-state index contributed by atoms with van der Waals surface area (Å²) in [6, 6.07) is 0. The highest BCUT2D eigenvalue weighted by atomic mass is 79.9. The van der Waals surface area contributed by atoms with Crippen molar-refractivity contribution < 1.29 is 8.78 Å². The SMILES string of the molecule is FC(F)c1cncc(CCl)c1Br. The molecule has 66 valence electrons. The lowest BCUT2D eigenvalue weighted by atomic mass is 10.2. The minimum Gasteiger partial charge on any atom is -0.264 e. The molecule has 0 bridgehead atoms. The molecule has 0 unspecified atom stereocenters. The fourth-order valence-corrected chi connectivity index (χ4v) is 1.63. The van der Waals surface area contributed by atoms with Crippen LogP contribution in [0.4, 0.5) is 8.78 Å². The summed E-state index contributed by atoms with van der Waals surface area (Å²) in [6.45, 7) is 0. The van der Waals surface area contributed by atoms with Crippen molar-refractivity contribution in [3.05, 3.63) is 28.0 Å². The van der Waals surface area contributed by atoms with Gasteiger partial charge in [-0.15, -0.1) is 11.6 Å². The average molecular weight is 256 g/mol. The second kappa shape index (κ2) is 4.14. The lowest BCUT2D eigenvalue weighted by Gasteiger charge is -2.05. The van der Waals surface area contributed by atoms with Crippen LogP contribution >= 0.6 is 27.5 Å². The first-order valence-electron chi connectivity index (χ1n) is 3.13. The van der Waals surface area contributed by atoms with Gasteiger partial charge in [-0.25, -0.2) is 8.78 Å². The minimum atomic E-state index is -2.52. The van der Waals surface area contributed by atoms with E-state index in [0.717, 1.165) is 6.20 Å².